The molecule has 3 nitrogen and oxygen atoms in total. The van der Waals surface area contributed by atoms with E-state index in [-0.39, 0.29) is 29.5 Å². The molecule has 0 spiro atoms. The van der Waals surface area contributed by atoms with Crippen LogP contribution >= 0.6 is 15.9 Å². The van der Waals surface area contributed by atoms with Gasteiger partial charge in [0.15, 0.2) is 5.78 Å². The molecular weight excluding hydrogens is 349 g/mol. The van der Waals surface area contributed by atoms with Crippen molar-refractivity contribution >= 4 is 21.7 Å². The average molecular weight is 366 g/mol. The highest BCUT2D eigenvalue weighted by Crippen LogP contribution is 2.30. The average Bonchev–Trinajstić information content (AvgIpc) is 2.47. The smallest absolute Gasteiger partial charge is 0.247 e. The van der Waals surface area contributed by atoms with Crippen LogP contribution in [0.1, 0.15) is 48.0 Å². The molecule has 2 rings (SSSR count). The minimum Gasteiger partial charge on any atom is -0.328 e. The number of halogens is 2. The molecule has 1 unspecified atom stereocenters. The number of rotatable bonds is 6. The number of benzene rings is 1. The molecule has 116 valence electrons. The monoisotopic (exact) mass is 365 g/mol. The third-order valence-corrected chi connectivity index (χ3v) is 4.07. The molecule has 1 N–H and O–H groups in total. The first-order chi connectivity index (χ1) is 10.5. The van der Waals surface area contributed by atoms with E-state index in [0.29, 0.717) is 15.6 Å². The van der Waals surface area contributed by atoms with Gasteiger partial charge >= 0.3 is 0 Å². The van der Waals surface area contributed by atoms with Crippen LogP contribution in [0.3, 0.4) is 0 Å². The second-order valence-electron chi connectivity index (χ2n) is 5.22. The summed E-state index contributed by atoms with van der Waals surface area (Å²) in [4.78, 5) is 25.9. The van der Waals surface area contributed by atoms with Gasteiger partial charge in [-0.1, -0.05) is 35.3 Å². The fourth-order valence-electron chi connectivity index (χ4n) is 2.47. The standard InChI is InChI=1S/C17H17BrFNO2/c1-2-3-11(14-6-5-13(18)9-15(14)19)8-16(21)12-4-7-17(22)20-10-12/h4-7,9-11H,2-3,8H2,1H3,(H,20,22). The van der Waals surface area contributed by atoms with Gasteiger partial charge in [-0.25, -0.2) is 4.39 Å². The Bertz CT molecular complexity index is 706. The molecule has 1 aromatic heterocycles. The molecule has 5 heteroatoms. The molecule has 22 heavy (non-hydrogen) atoms. The van der Waals surface area contributed by atoms with Crippen molar-refractivity contribution in [2.75, 3.05) is 0 Å². The summed E-state index contributed by atoms with van der Waals surface area (Å²) in [5, 5.41) is 0. The third-order valence-electron chi connectivity index (χ3n) is 3.58. The second kappa shape index (κ2) is 7.49. The molecular formula is C17H17BrFNO2. The summed E-state index contributed by atoms with van der Waals surface area (Å²) in [6, 6.07) is 7.75. The first-order valence-electron chi connectivity index (χ1n) is 7.18. The van der Waals surface area contributed by atoms with Gasteiger partial charge < -0.3 is 4.98 Å². The lowest BCUT2D eigenvalue weighted by Gasteiger charge is -2.17. The molecule has 2 aromatic rings. The zero-order valence-corrected chi connectivity index (χ0v) is 13.8. The maximum absolute atomic E-state index is 14.1. The Kier molecular flexibility index (Phi) is 5.66. The van der Waals surface area contributed by atoms with Crippen LogP contribution in [0.4, 0.5) is 4.39 Å². The van der Waals surface area contributed by atoms with Gasteiger partial charge in [0.05, 0.1) is 0 Å². The van der Waals surface area contributed by atoms with E-state index >= 15 is 0 Å². The topological polar surface area (TPSA) is 49.9 Å². The van der Waals surface area contributed by atoms with E-state index < -0.39 is 0 Å². The summed E-state index contributed by atoms with van der Waals surface area (Å²) in [5.41, 5.74) is 0.752. The highest BCUT2D eigenvalue weighted by molar-refractivity contribution is 9.10. The fraction of sp³-hybridized carbons (Fsp3) is 0.294. The highest BCUT2D eigenvalue weighted by atomic mass is 79.9. The van der Waals surface area contributed by atoms with E-state index in [1.165, 1.54) is 24.4 Å². The van der Waals surface area contributed by atoms with Crippen molar-refractivity contribution in [2.45, 2.75) is 32.1 Å². The zero-order chi connectivity index (χ0) is 16.1. The summed E-state index contributed by atoms with van der Waals surface area (Å²) in [7, 11) is 0. The van der Waals surface area contributed by atoms with Crippen LogP contribution in [-0.4, -0.2) is 10.8 Å². The SMILES string of the molecule is CCCC(CC(=O)c1ccc(=O)[nH]c1)c1ccc(Br)cc1F. The summed E-state index contributed by atoms with van der Waals surface area (Å²) >= 11 is 3.24. The zero-order valence-electron chi connectivity index (χ0n) is 12.2. The van der Waals surface area contributed by atoms with E-state index in [2.05, 4.69) is 20.9 Å². The number of carbonyl (C=O) groups excluding carboxylic acids is 1. The Morgan fingerprint density at radius 1 is 1.32 bits per heavy atom. The van der Waals surface area contributed by atoms with Crippen molar-refractivity contribution in [1.82, 2.24) is 4.98 Å². The van der Waals surface area contributed by atoms with Crippen molar-refractivity contribution < 1.29 is 9.18 Å². The molecule has 0 bridgehead atoms. The van der Waals surface area contributed by atoms with Crippen LogP contribution in [0, 0.1) is 5.82 Å². The second-order valence-corrected chi connectivity index (χ2v) is 6.14. The van der Waals surface area contributed by atoms with Crippen LogP contribution in [0.2, 0.25) is 0 Å². The van der Waals surface area contributed by atoms with Crippen LogP contribution in [0.25, 0.3) is 0 Å². The number of pyridine rings is 1. The lowest BCUT2D eigenvalue weighted by molar-refractivity contribution is 0.0971. The van der Waals surface area contributed by atoms with Crippen molar-refractivity contribution in [1.29, 1.82) is 0 Å². The number of ketones is 1. The number of aromatic nitrogens is 1. The van der Waals surface area contributed by atoms with Crippen LogP contribution in [-0.2, 0) is 0 Å². The number of hydrogen-bond acceptors (Lipinski definition) is 2. The van der Waals surface area contributed by atoms with E-state index in [9.17, 15) is 14.0 Å². The number of nitrogens with one attached hydrogen (secondary N) is 1. The molecule has 0 aliphatic carbocycles. The molecule has 1 aromatic carbocycles. The van der Waals surface area contributed by atoms with Crippen molar-refractivity contribution in [3.63, 3.8) is 0 Å². The summed E-state index contributed by atoms with van der Waals surface area (Å²) < 4.78 is 14.8. The van der Waals surface area contributed by atoms with Crippen molar-refractivity contribution in [3.05, 3.63) is 68.3 Å². The summed E-state index contributed by atoms with van der Waals surface area (Å²) in [6.07, 6.45) is 3.22. The van der Waals surface area contributed by atoms with Gasteiger partial charge in [0.25, 0.3) is 0 Å². The number of hydrogen-bond donors (Lipinski definition) is 1. The molecule has 0 saturated heterocycles. The maximum Gasteiger partial charge on any atom is 0.247 e. The third kappa shape index (κ3) is 4.13. The quantitative estimate of drug-likeness (QED) is 0.769. The van der Waals surface area contributed by atoms with E-state index in [0.717, 1.165) is 12.8 Å². The maximum atomic E-state index is 14.1. The predicted octanol–water partition coefficient (Wildman–Crippen LogP) is 4.43. The Labute approximate surface area is 136 Å². The van der Waals surface area contributed by atoms with Gasteiger partial charge in [0.2, 0.25) is 5.56 Å². The normalized spacial score (nSPS) is 12.1. The number of H-pyrrole nitrogens is 1. The minimum absolute atomic E-state index is 0.1000. The molecule has 0 fully saturated rings. The molecule has 0 aliphatic heterocycles. The minimum atomic E-state index is -0.304. The van der Waals surface area contributed by atoms with Gasteiger partial charge in [-0.15, -0.1) is 0 Å². The van der Waals surface area contributed by atoms with Gasteiger partial charge in [-0.3, -0.25) is 9.59 Å². The largest absolute Gasteiger partial charge is 0.328 e. The fourth-order valence-corrected chi connectivity index (χ4v) is 2.81. The lowest BCUT2D eigenvalue weighted by atomic mass is 9.88. The van der Waals surface area contributed by atoms with Gasteiger partial charge in [-0.05, 0) is 36.1 Å². The molecule has 0 aliphatic rings. The Balaban J connectivity index is 2.23. The van der Waals surface area contributed by atoms with Crippen molar-refractivity contribution in [2.24, 2.45) is 0 Å². The predicted molar refractivity (Wildman–Crippen MR) is 87.8 cm³/mol. The number of aromatic amines is 1. The molecule has 1 heterocycles. The Morgan fingerprint density at radius 3 is 2.68 bits per heavy atom. The molecule has 1 atom stereocenters. The first-order valence-corrected chi connectivity index (χ1v) is 7.97. The van der Waals surface area contributed by atoms with Gasteiger partial charge in [0.1, 0.15) is 5.82 Å². The van der Waals surface area contributed by atoms with Gasteiger partial charge in [-0.2, -0.15) is 0 Å². The van der Waals surface area contributed by atoms with E-state index in [1.54, 1.807) is 12.1 Å². The van der Waals surface area contributed by atoms with Gasteiger partial charge in [0, 0.05) is 28.7 Å². The van der Waals surface area contributed by atoms with E-state index in [4.69, 9.17) is 0 Å². The van der Waals surface area contributed by atoms with E-state index in [1.807, 2.05) is 6.92 Å². The molecule has 0 amide bonds. The molecule has 0 saturated carbocycles. The van der Waals surface area contributed by atoms with Crippen LogP contribution in [0.5, 0.6) is 0 Å². The summed E-state index contributed by atoms with van der Waals surface area (Å²) in [6.45, 7) is 2.01. The molecule has 0 radical (unpaired) electrons. The summed E-state index contributed by atoms with van der Waals surface area (Å²) in [5.74, 6) is -0.573. The number of Topliss-reactive ketones (excluding diaryl/α,β-unsaturated/α-hetero) is 1. The Morgan fingerprint density at radius 2 is 2.09 bits per heavy atom. The number of carbonyl (C=O) groups is 1. The lowest BCUT2D eigenvalue weighted by Crippen LogP contribution is -2.11. The Hall–Kier alpha value is -1.75. The van der Waals surface area contributed by atoms with Crippen LogP contribution < -0.4 is 5.56 Å². The van der Waals surface area contributed by atoms with Crippen molar-refractivity contribution in [3.8, 4) is 0 Å². The van der Waals surface area contributed by atoms with Crippen LogP contribution in [0.15, 0.2) is 45.8 Å². The first kappa shape index (κ1) is 16.6. The highest BCUT2D eigenvalue weighted by Gasteiger charge is 2.20.